The van der Waals surface area contributed by atoms with Gasteiger partial charge in [-0.05, 0) is 13.0 Å². The van der Waals surface area contributed by atoms with E-state index in [1.165, 1.54) is 12.1 Å². The molecule has 1 N–H and O–H groups in total. The molecule has 0 heterocycles. The molecular weight excluding hydrogens is 220 g/mol. The average molecular weight is 234 g/mol. The molecule has 0 aromatic heterocycles. The third kappa shape index (κ3) is 4.14. The summed E-state index contributed by atoms with van der Waals surface area (Å²) in [6, 6.07) is 7.82. The van der Waals surface area contributed by atoms with Crippen LogP contribution in [0.2, 0.25) is 0 Å². The van der Waals surface area contributed by atoms with Gasteiger partial charge < -0.3 is 5.32 Å². The first-order chi connectivity index (χ1) is 7.17. The molecule has 0 radical (unpaired) electrons. The summed E-state index contributed by atoms with van der Waals surface area (Å²) >= 11 is 5.44. The highest BCUT2D eigenvalue weighted by molar-refractivity contribution is 6.17. The molecule has 0 aliphatic rings. The minimum Gasteiger partial charge on any atom is -0.311 e. The molecule has 4 heteroatoms. The fourth-order valence-corrected chi connectivity index (χ4v) is 1.35. The van der Waals surface area contributed by atoms with Crippen LogP contribution in [0.5, 0.6) is 0 Å². The summed E-state index contributed by atoms with van der Waals surface area (Å²) in [5.74, 6) is -2.32. The van der Waals surface area contributed by atoms with Crippen molar-refractivity contribution in [2.45, 2.75) is 12.3 Å². The number of nitrogens with one attached hydrogen (secondary N) is 1. The Balaban J connectivity index is 2.45. The minimum atomic E-state index is -2.81. The van der Waals surface area contributed by atoms with Crippen LogP contribution in [0.25, 0.3) is 0 Å². The molecule has 0 saturated heterocycles. The largest absolute Gasteiger partial charge is 0.311 e. The molecule has 1 rings (SSSR count). The van der Waals surface area contributed by atoms with Crippen molar-refractivity contribution in [1.29, 1.82) is 0 Å². The monoisotopic (exact) mass is 233 g/mol. The predicted molar refractivity (Wildman–Crippen MR) is 58.5 cm³/mol. The van der Waals surface area contributed by atoms with Crippen molar-refractivity contribution in [1.82, 2.24) is 5.32 Å². The smallest absolute Gasteiger partial charge is 0.285 e. The highest BCUT2D eigenvalue weighted by atomic mass is 35.5. The van der Waals surface area contributed by atoms with Crippen LogP contribution in [0.4, 0.5) is 8.78 Å². The van der Waals surface area contributed by atoms with E-state index in [0.717, 1.165) is 0 Å². The molecule has 0 atom stereocenters. The van der Waals surface area contributed by atoms with Gasteiger partial charge >= 0.3 is 0 Å². The van der Waals surface area contributed by atoms with Gasteiger partial charge in [0, 0.05) is 11.4 Å². The zero-order valence-corrected chi connectivity index (χ0v) is 9.11. The summed E-state index contributed by atoms with van der Waals surface area (Å²) in [5, 5.41) is 2.69. The van der Waals surface area contributed by atoms with Gasteiger partial charge in [0.15, 0.2) is 0 Å². The van der Waals surface area contributed by atoms with Gasteiger partial charge in [-0.3, -0.25) is 0 Å². The lowest BCUT2D eigenvalue weighted by Gasteiger charge is -2.17. The lowest BCUT2D eigenvalue weighted by molar-refractivity contribution is -0.00289. The van der Waals surface area contributed by atoms with Gasteiger partial charge in [-0.15, -0.1) is 11.6 Å². The number of rotatable bonds is 6. The maximum absolute atomic E-state index is 13.5. The van der Waals surface area contributed by atoms with Crippen LogP contribution in [-0.2, 0) is 5.92 Å². The van der Waals surface area contributed by atoms with Crippen LogP contribution in [-0.4, -0.2) is 19.0 Å². The Morgan fingerprint density at radius 3 is 2.47 bits per heavy atom. The van der Waals surface area contributed by atoms with E-state index in [1.54, 1.807) is 18.2 Å². The summed E-state index contributed by atoms with van der Waals surface area (Å²) in [6.45, 7) is 0.180. The second-order valence-corrected chi connectivity index (χ2v) is 3.67. The normalized spacial score (nSPS) is 11.7. The van der Waals surface area contributed by atoms with E-state index in [9.17, 15) is 8.78 Å². The molecular formula is C11H14ClF2N. The standard InChI is InChI=1S/C11H14ClF2N/c12-7-4-8-15-9-11(13,14)10-5-2-1-3-6-10/h1-3,5-6,15H,4,7-9H2. The lowest BCUT2D eigenvalue weighted by atomic mass is 10.1. The van der Waals surface area contributed by atoms with Gasteiger partial charge in [0.2, 0.25) is 0 Å². The summed E-state index contributed by atoms with van der Waals surface area (Å²) in [5.41, 5.74) is 0.0448. The average Bonchev–Trinajstić information content (AvgIpc) is 2.26. The zero-order chi connectivity index (χ0) is 11.1. The van der Waals surface area contributed by atoms with Gasteiger partial charge in [-0.25, -0.2) is 0 Å². The molecule has 15 heavy (non-hydrogen) atoms. The Morgan fingerprint density at radius 2 is 1.87 bits per heavy atom. The summed E-state index contributed by atoms with van der Waals surface area (Å²) in [6.07, 6.45) is 0.701. The van der Waals surface area contributed by atoms with E-state index < -0.39 is 5.92 Å². The molecule has 0 spiro atoms. The topological polar surface area (TPSA) is 12.0 Å². The third-order valence-corrected chi connectivity index (χ3v) is 2.30. The Morgan fingerprint density at radius 1 is 1.20 bits per heavy atom. The van der Waals surface area contributed by atoms with Crippen LogP contribution >= 0.6 is 11.6 Å². The van der Waals surface area contributed by atoms with Crippen molar-refractivity contribution >= 4 is 11.6 Å². The van der Waals surface area contributed by atoms with Gasteiger partial charge in [0.25, 0.3) is 5.92 Å². The van der Waals surface area contributed by atoms with E-state index >= 15 is 0 Å². The van der Waals surface area contributed by atoms with Gasteiger partial charge in [-0.2, -0.15) is 8.78 Å². The first-order valence-corrected chi connectivity index (χ1v) is 5.40. The van der Waals surface area contributed by atoms with Gasteiger partial charge in [0.1, 0.15) is 0 Å². The molecule has 0 saturated carbocycles. The number of benzene rings is 1. The van der Waals surface area contributed by atoms with Crippen LogP contribution < -0.4 is 5.32 Å². The maximum atomic E-state index is 13.5. The quantitative estimate of drug-likeness (QED) is 0.588. The van der Waals surface area contributed by atoms with E-state index in [4.69, 9.17) is 11.6 Å². The van der Waals surface area contributed by atoms with Crippen molar-refractivity contribution in [2.75, 3.05) is 19.0 Å². The van der Waals surface area contributed by atoms with Crippen LogP contribution in [0.3, 0.4) is 0 Å². The second-order valence-electron chi connectivity index (χ2n) is 3.29. The predicted octanol–water partition coefficient (Wildman–Crippen LogP) is 3.00. The van der Waals surface area contributed by atoms with Crippen molar-refractivity contribution < 1.29 is 8.78 Å². The fraction of sp³-hybridized carbons (Fsp3) is 0.455. The number of hydrogen-bond donors (Lipinski definition) is 1. The van der Waals surface area contributed by atoms with Gasteiger partial charge in [-0.1, -0.05) is 30.3 Å². The molecule has 0 bridgehead atoms. The van der Waals surface area contributed by atoms with Crippen molar-refractivity contribution in [3.63, 3.8) is 0 Å². The number of alkyl halides is 3. The zero-order valence-electron chi connectivity index (χ0n) is 8.35. The van der Waals surface area contributed by atoms with Crippen LogP contribution in [0.1, 0.15) is 12.0 Å². The van der Waals surface area contributed by atoms with E-state index in [1.807, 2.05) is 0 Å². The Bertz CT molecular complexity index is 277. The highest BCUT2D eigenvalue weighted by Crippen LogP contribution is 2.26. The molecule has 0 unspecified atom stereocenters. The summed E-state index contributed by atoms with van der Waals surface area (Å²) < 4.78 is 27.0. The van der Waals surface area contributed by atoms with Gasteiger partial charge in [0.05, 0.1) is 6.54 Å². The van der Waals surface area contributed by atoms with Crippen molar-refractivity contribution in [2.24, 2.45) is 0 Å². The lowest BCUT2D eigenvalue weighted by Crippen LogP contribution is -2.31. The third-order valence-electron chi connectivity index (χ3n) is 2.03. The van der Waals surface area contributed by atoms with E-state index in [0.29, 0.717) is 18.8 Å². The van der Waals surface area contributed by atoms with E-state index in [2.05, 4.69) is 5.32 Å². The van der Waals surface area contributed by atoms with Crippen molar-refractivity contribution in [3.05, 3.63) is 35.9 Å². The Kier molecular flexibility index (Phi) is 4.99. The maximum Gasteiger partial charge on any atom is 0.285 e. The molecule has 0 fully saturated rings. The number of hydrogen-bond acceptors (Lipinski definition) is 1. The van der Waals surface area contributed by atoms with E-state index in [-0.39, 0.29) is 12.1 Å². The first-order valence-electron chi connectivity index (χ1n) is 4.87. The van der Waals surface area contributed by atoms with Crippen LogP contribution in [0.15, 0.2) is 30.3 Å². The molecule has 1 aromatic rings. The molecule has 1 aromatic carbocycles. The van der Waals surface area contributed by atoms with Crippen LogP contribution in [0, 0.1) is 0 Å². The molecule has 1 nitrogen and oxygen atoms in total. The first kappa shape index (κ1) is 12.4. The fourth-order valence-electron chi connectivity index (χ4n) is 1.22. The summed E-state index contributed by atoms with van der Waals surface area (Å²) in [4.78, 5) is 0. The second kappa shape index (κ2) is 6.03. The number of halogens is 3. The molecule has 0 amide bonds. The summed E-state index contributed by atoms with van der Waals surface area (Å²) in [7, 11) is 0. The van der Waals surface area contributed by atoms with Crippen molar-refractivity contribution in [3.8, 4) is 0 Å². The highest BCUT2D eigenvalue weighted by Gasteiger charge is 2.30. The molecule has 0 aliphatic heterocycles. The SMILES string of the molecule is FC(F)(CNCCCCl)c1ccccc1. The molecule has 84 valence electrons. The Labute approximate surface area is 93.4 Å². The minimum absolute atomic E-state index is 0.0448. The Hall–Kier alpha value is -0.670. The molecule has 0 aliphatic carbocycles.